The van der Waals surface area contributed by atoms with E-state index in [0.29, 0.717) is 0 Å². The summed E-state index contributed by atoms with van der Waals surface area (Å²) < 4.78 is 2.28. The number of nitrogens with one attached hydrogen (secondary N) is 1. The minimum Gasteiger partial charge on any atom is -0.392 e. The van der Waals surface area contributed by atoms with Crippen molar-refractivity contribution in [1.82, 2.24) is 14.9 Å². The highest BCUT2D eigenvalue weighted by Crippen LogP contribution is 2.20. The second-order valence-corrected chi connectivity index (χ2v) is 6.10. The number of nitrogens with zero attached hydrogens (tertiary/aromatic N) is 2. The number of aromatic nitrogens is 2. The first kappa shape index (κ1) is 16.7. The molecule has 0 radical (unpaired) electrons. The summed E-state index contributed by atoms with van der Waals surface area (Å²) in [7, 11) is 0. The van der Waals surface area contributed by atoms with Gasteiger partial charge in [0.1, 0.15) is 5.82 Å². The van der Waals surface area contributed by atoms with Gasteiger partial charge >= 0.3 is 0 Å². The second kappa shape index (κ2) is 7.60. The van der Waals surface area contributed by atoms with Crippen LogP contribution in [0.15, 0.2) is 48.5 Å². The maximum atomic E-state index is 9.09. The van der Waals surface area contributed by atoms with E-state index >= 15 is 0 Å². The van der Waals surface area contributed by atoms with E-state index in [4.69, 9.17) is 10.1 Å². The van der Waals surface area contributed by atoms with Gasteiger partial charge < -0.3 is 15.0 Å². The number of aliphatic hydroxyl groups is 1. The molecule has 0 aliphatic rings. The van der Waals surface area contributed by atoms with E-state index in [9.17, 15) is 0 Å². The molecule has 1 unspecified atom stereocenters. The van der Waals surface area contributed by atoms with Crippen LogP contribution in [-0.2, 0) is 19.6 Å². The van der Waals surface area contributed by atoms with Crippen molar-refractivity contribution in [1.29, 1.82) is 0 Å². The highest BCUT2D eigenvalue weighted by atomic mass is 16.3. The largest absolute Gasteiger partial charge is 0.392 e. The van der Waals surface area contributed by atoms with Crippen molar-refractivity contribution in [3.63, 3.8) is 0 Å². The lowest BCUT2D eigenvalue weighted by Gasteiger charge is -2.15. The number of imidazole rings is 1. The molecule has 2 aromatic carbocycles. The van der Waals surface area contributed by atoms with Gasteiger partial charge in [0.2, 0.25) is 0 Å². The van der Waals surface area contributed by atoms with Crippen molar-refractivity contribution in [2.24, 2.45) is 0 Å². The highest BCUT2D eigenvalue weighted by molar-refractivity contribution is 5.76. The predicted octanol–water partition coefficient (Wildman–Crippen LogP) is 3.44. The molecule has 0 aliphatic carbocycles. The molecule has 0 saturated carbocycles. The van der Waals surface area contributed by atoms with Gasteiger partial charge in [-0.1, -0.05) is 36.4 Å². The molecule has 1 aromatic heterocycles. The Hall–Kier alpha value is -2.17. The van der Waals surface area contributed by atoms with Gasteiger partial charge in [0, 0.05) is 6.54 Å². The van der Waals surface area contributed by atoms with Crippen LogP contribution in [0.25, 0.3) is 11.0 Å². The maximum absolute atomic E-state index is 9.09. The van der Waals surface area contributed by atoms with E-state index in [1.165, 1.54) is 11.1 Å². The molecule has 1 atom stereocenters. The molecule has 4 nitrogen and oxygen atoms in total. The van der Waals surface area contributed by atoms with Gasteiger partial charge in [0.25, 0.3) is 0 Å². The SMILES string of the molecule is CCn1c(C(C)NCCc2ccc(CO)cc2)nc2ccccc21. The summed E-state index contributed by atoms with van der Waals surface area (Å²) in [6.07, 6.45) is 0.961. The molecule has 2 N–H and O–H groups in total. The zero-order valence-corrected chi connectivity index (χ0v) is 14.4. The Kier molecular flexibility index (Phi) is 5.28. The van der Waals surface area contributed by atoms with Gasteiger partial charge in [-0.05, 0) is 50.1 Å². The molecular weight excluding hydrogens is 298 g/mol. The van der Waals surface area contributed by atoms with Crippen LogP contribution in [0.5, 0.6) is 0 Å². The minimum atomic E-state index is 0.1000. The third-order valence-corrected chi connectivity index (χ3v) is 4.46. The molecular formula is C20H25N3O. The molecule has 3 aromatic rings. The minimum absolute atomic E-state index is 0.1000. The fourth-order valence-electron chi connectivity index (χ4n) is 3.09. The Bertz CT molecular complexity index is 792. The molecule has 0 fully saturated rings. The van der Waals surface area contributed by atoms with Crippen molar-refractivity contribution >= 4 is 11.0 Å². The standard InChI is InChI=1S/C20H25N3O/c1-3-23-19-7-5-4-6-18(19)22-20(23)15(2)21-13-12-16-8-10-17(14-24)11-9-16/h4-11,15,21,24H,3,12-14H2,1-2H3. The van der Waals surface area contributed by atoms with Crippen molar-refractivity contribution in [3.8, 4) is 0 Å². The van der Waals surface area contributed by atoms with E-state index < -0.39 is 0 Å². The van der Waals surface area contributed by atoms with Crippen molar-refractivity contribution in [2.75, 3.05) is 6.54 Å². The molecule has 0 saturated heterocycles. The van der Waals surface area contributed by atoms with E-state index in [1.807, 2.05) is 18.2 Å². The molecule has 0 spiro atoms. The summed E-state index contributed by atoms with van der Waals surface area (Å²) in [6.45, 7) is 6.25. The lowest BCUT2D eigenvalue weighted by Crippen LogP contribution is -2.24. The Labute approximate surface area is 143 Å². The Morgan fingerprint density at radius 3 is 2.50 bits per heavy atom. The zero-order valence-electron chi connectivity index (χ0n) is 14.4. The van der Waals surface area contributed by atoms with Crippen molar-refractivity contribution < 1.29 is 5.11 Å². The summed E-state index contributed by atoms with van der Waals surface area (Å²) in [5, 5.41) is 12.7. The van der Waals surface area contributed by atoms with Crippen LogP contribution in [0.3, 0.4) is 0 Å². The monoisotopic (exact) mass is 323 g/mol. The number of aryl methyl sites for hydroxylation is 1. The van der Waals surface area contributed by atoms with E-state index in [2.05, 4.69) is 54.1 Å². The van der Waals surface area contributed by atoms with Gasteiger partial charge in [0.05, 0.1) is 23.7 Å². The van der Waals surface area contributed by atoms with Gasteiger partial charge in [-0.2, -0.15) is 0 Å². The molecule has 0 aliphatic heterocycles. The van der Waals surface area contributed by atoms with Crippen molar-refractivity contribution in [3.05, 3.63) is 65.5 Å². The van der Waals surface area contributed by atoms with E-state index in [0.717, 1.165) is 36.4 Å². The Balaban J connectivity index is 1.65. The number of rotatable bonds is 7. The zero-order chi connectivity index (χ0) is 16.9. The Morgan fingerprint density at radius 1 is 1.08 bits per heavy atom. The van der Waals surface area contributed by atoms with Crippen LogP contribution in [-0.4, -0.2) is 21.2 Å². The van der Waals surface area contributed by atoms with Crippen LogP contribution in [0.2, 0.25) is 0 Å². The quantitative estimate of drug-likeness (QED) is 0.700. The topological polar surface area (TPSA) is 50.1 Å². The number of hydrogen-bond acceptors (Lipinski definition) is 3. The third kappa shape index (κ3) is 3.50. The number of aliphatic hydroxyl groups excluding tert-OH is 1. The van der Waals surface area contributed by atoms with Crippen LogP contribution in [0, 0.1) is 0 Å². The number of benzene rings is 2. The number of para-hydroxylation sites is 2. The summed E-state index contributed by atoms with van der Waals surface area (Å²) in [4.78, 5) is 4.80. The fraction of sp³-hybridized carbons (Fsp3) is 0.350. The van der Waals surface area contributed by atoms with Gasteiger partial charge in [-0.3, -0.25) is 0 Å². The molecule has 1 heterocycles. The van der Waals surface area contributed by atoms with Gasteiger partial charge in [0.15, 0.2) is 0 Å². The van der Waals surface area contributed by atoms with Crippen molar-refractivity contribution in [2.45, 2.75) is 39.5 Å². The van der Waals surface area contributed by atoms with E-state index in [1.54, 1.807) is 0 Å². The predicted molar refractivity (Wildman–Crippen MR) is 97.9 cm³/mol. The normalized spacial score (nSPS) is 12.6. The molecule has 24 heavy (non-hydrogen) atoms. The molecule has 0 bridgehead atoms. The van der Waals surface area contributed by atoms with E-state index in [-0.39, 0.29) is 12.6 Å². The second-order valence-electron chi connectivity index (χ2n) is 6.10. The first-order chi connectivity index (χ1) is 11.7. The van der Waals surface area contributed by atoms with Gasteiger partial charge in [-0.15, -0.1) is 0 Å². The van der Waals surface area contributed by atoms with Crippen LogP contribution >= 0.6 is 0 Å². The molecule has 0 amide bonds. The average Bonchev–Trinajstić information content (AvgIpc) is 3.01. The highest BCUT2D eigenvalue weighted by Gasteiger charge is 2.14. The van der Waals surface area contributed by atoms with Gasteiger partial charge in [-0.25, -0.2) is 4.98 Å². The van der Waals surface area contributed by atoms with Crippen LogP contribution in [0.1, 0.15) is 36.8 Å². The number of hydrogen-bond donors (Lipinski definition) is 2. The molecule has 126 valence electrons. The first-order valence-corrected chi connectivity index (χ1v) is 8.60. The lowest BCUT2D eigenvalue weighted by atomic mass is 10.1. The number of fused-ring (bicyclic) bond motifs is 1. The molecule has 4 heteroatoms. The fourth-order valence-corrected chi connectivity index (χ4v) is 3.09. The first-order valence-electron chi connectivity index (χ1n) is 8.60. The summed E-state index contributed by atoms with van der Waals surface area (Å²) in [5.41, 5.74) is 4.48. The third-order valence-electron chi connectivity index (χ3n) is 4.46. The smallest absolute Gasteiger partial charge is 0.126 e. The molecule has 3 rings (SSSR count). The summed E-state index contributed by atoms with van der Waals surface area (Å²) in [6, 6.07) is 16.6. The lowest BCUT2D eigenvalue weighted by molar-refractivity contribution is 0.282. The summed E-state index contributed by atoms with van der Waals surface area (Å²) >= 11 is 0. The summed E-state index contributed by atoms with van der Waals surface area (Å²) in [5.74, 6) is 1.09. The Morgan fingerprint density at radius 2 is 1.79 bits per heavy atom. The van der Waals surface area contributed by atoms with Crippen LogP contribution in [0.4, 0.5) is 0 Å². The maximum Gasteiger partial charge on any atom is 0.126 e. The average molecular weight is 323 g/mol. The van der Waals surface area contributed by atoms with Crippen LogP contribution < -0.4 is 5.32 Å².